The monoisotopic (exact) mass is 405 g/mol. The molecule has 148 valence electrons. The molecular formula is C23H23N3O2S. The van der Waals surface area contributed by atoms with Crippen molar-refractivity contribution in [2.24, 2.45) is 5.10 Å². The van der Waals surface area contributed by atoms with E-state index in [4.69, 9.17) is 0 Å². The molecule has 0 fully saturated rings. The van der Waals surface area contributed by atoms with Gasteiger partial charge in [-0.2, -0.15) is 9.41 Å². The minimum Gasteiger partial charge on any atom is -0.234 e. The largest absolute Gasteiger partial charge is 0.236 e. The molecule has 0 aliphatic rings. The summed E-state index contributed by atoms with van der Waals surface area (Å²) in [5.74, 6) is 0. The number of benzene rings is 3. The van der Waals surface area contributed by atoms with Gasteiger partial charge in [0.15, 0.2) is 0 Å². The molecule has 0 aliphatic heterocycles. The van der Waals surface area contributed by atoms with E-state index in [9.17, 15) is 8.42 Å². The SMILES string of the molecule is C=CS(=O)(=O)N(C/C=N/N(c1ccccc1)c1ccccc1)Cc1ccccc1. The van der Waals surface area contributed by atoms with Crippen molar-refractivity contribution in [3.8, 4) is 0 Å². The van der Waals surface area contributed by atoms with Gasteiger partial charge in [-0.25, -0.2) is 13.4 Å². The van der Waals surface area contributed by atoms with Crippen molar-refractivity contribution >= 4 is 27.6 Å². The van der Waals surface area contributed by atoms with Gasteiger partial charge in [0.2, 0.25) is 10.0 Å². The molecule has 0 radical (unpaired) electrons. The highest BCUT2D eigenvalue weighted by Crippen LogP contribution is 2.24. The summed E-state index contributed by atoms with van der Waals surface area (Å²) in [7, 11) is -3.60. The van der Waals surface area contributed by atoms with E-state index < -0.39 is 10.0 Å². The molecule has 3 aromatic rings. The van der Waals surface area contributed by atoms with Gasteiger partial charge in [-0.3, -0.25) is 0 Å². The lowest BCUT2D eigenvalue weighted by Gasteiger charge is -2.21. The second-order valence-electron chi connectivity index (χ2n) is 6.27. The Labute approximate surface area is 172 Å². The van der Waals surface area contributed by atoms with Gasteiger partial charge in [-0.1, -0.05) is 73.3 Å². The summed E-state index contributed by atoms with van der Waals surface area (Å²) in [5.41, 5.74) is 2.67. The third-order valence-corrected chi connectivity index (χ3v) is 5.68. The maximum absolute atomic E-state index is 12.5. The number of hydrogen-bond donors (Lipinski definition) is 0. The lowest BCUT2D eigenvalue weighted by atomic mass is 10.2. The highest BCUT2D eigenvalue weighted by molar-refractivity contribution is 7.92. The molecule has 5 nitrogen and oxygen atoms in total. The summed E-state index contributed by atoms with van der Waals surface area (Å²) >= 11 is 0. The van der Waals surface area contributed by atoms with E-state index in [0.29, 0.717) is 0 Å². The van der Waals surface area contributed by atoms with Crippen LogP contribution >= 0.6 is 0 Å². The molecule has 3 rings (SSSR count). The quantitative estimate of drug-likeness (QED) is 0.380. The molecular weight excluding hydrogens is 382 g/mol. The summed E-state index contributed by atoms with van der Waals surface area (Å²) in [6.45, 7) is 3.82. The molecule has 0 aromatic heterocycles. The lowest BCUT2D eigenvalue weighted by molar-refractivity contribution is 0.456. The Morgan fingerprint density at radius 3 is 1.76 bits per heavy atom. The fourth-order valence-electron chi connectivity index (χ4n) is 2.78. The highest BCUT2D eigenvalue weighted by atomic mass is 32.2. The van der Waals surface area contributed by atoms with Gasteiger partial charge in [0, 0.05) is 18.2 Å². The number of anilines is 2. The molecule has 6 heteroatoms. The predicted octanol–water partition coefficient (Wildman–Crippen LogP) is 4.79. The first kappa shape index (κ1) is 20.5. The Balaban J connectivity index is 1.84. The van der Waals surface area contributed by atoms with Crippen LogP contribution in [0.15, 0.2) is 108 Å². The molecule has 0 heterocycles. The van der Waals surface area contributed by atoms with Gasteiger partial charge in [0.1, 0.15) is 0 Å². The third-order valence-electron chi connectivity index (χ3n) is 4.26. The van der Waals surface area contributed by atoms with Crippen LogP contribution in [-0.4, -0.2) is 25.5 Å². The molecule has 0 amide bonds. The molecule has 3 aromatic carbocycles. The second kappa shape index (κ2) is 9.82. The number of hydrogen-bond acceptors (Lipinski definition) is 4. The Hall–Kier alpha value is -3.22. The fourth-order valence-corrected chi connectivity index (χ4v) is 3.60. The predicted molar refractivity (Wildman–Crippen MR) is 119 cm³/mol. The van der Waals surface area contributed by atoms with Crippen molar-refractivity contribution in [2.45, 2.75) is 6.54 Å². The number of sulfonamides is 1. The Bertz CT molecular complexity index is 998. The van der Waals surface area contributed by atoms with Gasteiger partial charge in [-0.15, -0.1) is 0 Å². The summed E-state index contributed by atoms with van der Waals surface area (Å²) in [5, 5.41) is 7.31. The highest BCUT2D eigenvalue weighted by Gasteiger charge is 2.18. The second-order valence-corrected chi connectivity index (χ2v) is 8.15. The van der Waals surface area contributed by atoms with E-state index in [1.807, 2.05) is 91.0 Å². The molecule has 0 unspecified atom stereocenters. The summed E-state index contributed by atoms with van der Waals surface area (Å²) in [6, 6.07) is 28.9. The molecule has 0 bridgehead atoms. The van der Waals surface area contributed by atoms with Crippen LogP contribution in [0, 0.1) is 0 Å². The lowest BCUT2D eigenvalue weighted by Crippen LogP contribution is -2.31. The Morgan fingerprint density at radius 2 is 1.28 bits per heavy atom. The van der Waals surface area contributed by atoms with Gasteiger partial charge in [-0.05, 0) is 29.8 Å². The van der Waals surface area contributed by atoms with Crippen molar-refractivity contribution in [1.82, 2.24) is 4.31 Å². The van der Waals surface area contributed by atoms with Crippen LogP contribution in [0.25, 0.3) is 0 Å². The van der Waals surface area contributed by atoms with Crippen molar-refractivity contribution in [1.29, 1.82) is 0 Å². The number of rotatable bonds is 9. The van der Waals surface area contributed by atoms with E-state index in [-0.39, 0.29) is 13.1 Å². The van der Waals surface area contributed by atoms with Crippen LogP contribution in [0.5, 0.6) is 0 Å². The topological polar surface area (TPSA) is 53.0 Å². The molecule has 0 N–H and O–H groups in total. The van der Waals surface area contributed by atoms with E-state index in [2.05, 4.69) is 11.7 Å². The van der Waals surface area contributed by atoms with E-state index in [0.717, 1.165) is 22.3 Å². The van der Waals surface area contributed by atoms with Crippen molar-refractivity contribution < 1.29 is 8.42 Å². The average molecular weight is 406 g/mol. The van der Waals surface area contributed by atoms with Crippen LogP contribution in [0.4, 0.5) is 11.4 Å². The maximum Gasteiger partial charge on any atom is 0.236 e. The minimum atomic E-state index is -3.60. The fraction of sp³-hybridized carbons (Fsp3) is 0.0870. The van der Waals surface area contributed by atoms with Crippen LogP contribution in [0.2, 0.25) is 0 Å². The van der Waals surface area contributed by atoms with E-state index in [1.54, 1.807) is 11.2 Å². The first-order valence-corrected chi connectivity index (χ1v) is 10.7. The summed E-state index contributed by atoms with van der Waals surface area (Å²) < 4.78 is 26.2. The van der Waals surface area contributed by atoms with Crippen molar-refractivity contribution in [2.75, 3.05) is 11.6 Å². The summed E-state index contributed by atoms with van der Waals surface area (Å²) in [6.07, 6.45) is 1.60. The summed E-state index contributed by atoms with van der Waals surface area (Å²) in [4.78, 5) is 0. The van der Waals surface area contributed by atoms with Crippen LogP contribution in [-0.2, 0) is 16.6 Å². The number of hydrazone groups is 1. The molecule has 29 heavy (non-hydrogen) atoms. The maximum atomic E-state index is 12.5. The zero-order valence-corrected chi connectivity index (χ0v) is 16.8. The van der Waals surface area contributed by atoms with E-state index in [1.165, 1.54) is 4.31 Å². The normalized spacial score (nSPS) is 11.6. The molecule has 0 aliphatic carbocycles. The number of nitrogens with zero attached hydrogens (tertiary/aromatic N) is 3. The smallest absolute Gasteiger partial charge is 0.234 e. The van der Waals surface area contributed by atoms with Gasteiger partial charge in [0.05, 0.1) is 17.9 Å². The molecule has 0 atom stereocenters. The first-order valence-electron chi connectivity index (χ1n) is 9.19. The zero-order chi connectivity index (χ0) is 20.5. The average Bonchev–Trinajstić information content (AvgIpc) is 2.77. The van der Waals surface area contributed by atoms with Crippen LogP contribution in [0.1, 0.15) is 5.56 Å². The van der Waals surface area contributed by atoms with Crippen LogP contribution in [0.3, 0.4) is 0 Å². The standard InChI is InChI=1S/C23H23N3O2S/c1-2-29(27,28)25(20-21-12-6-3-7-13-21)19-18-24-26(22-14-8-4-9-15-22)23-16-10-5-11-17-23/h2-18H,1,19-20H2/b24-18+. The van der Waals surface area contributed by atoms with E-state index >= 15 is 0 Å². The van der Waals surface area contributed by atoms with Gasteiger partial charge < -0.3 is 0 Å². The third kappa shape index (κ3) is 5.63. The first-order chi connectivity index (χ1) is 14.1. The van der Waals surface area contributed by atoms with Crippen LogP contribution < -0.4 is 5.01 Å². The zero-order valence-electron chi connectivity index (χ0n) is 16.0. The molecule has 0 saturated carbocycles. The van der Waals surface area contributed by atoms with Crippen molar-refractivity contribution in [3.63, 3.8) is 0 Å². The van der Waals surface area contributed by atoms with Gasteiger partial charge in [0.25, 0.3) is 0 Å². The number of para-hydroxylation sites is 2. The Morgan fingerprint density at radius 1 is 0.793 bits per heavy atom. The van der Waals surface area contributed by atoms with Gasteiger partial charge >= 0.3 is 0 Å². The molecule has 0 saturated heterocycles. The molecule has 0 spiro atoms. The Kier molecular flexibility index (Phi) is 6.94. The minimum absolute atomic E-state index is 0.124. The van der Waals surface area contributed by atoms with Crippen molar-refractivity contribution in [3.05, 3.63) is 109 Å².